The SMILES string of the molecule is CC(C)(C)[Si](C)(C)OC1CCC(F)(CCC2c3c(F)ccc(F)c3-c3c[nH]c[n+]32)CC1. The number of H-pyrrole nitrogens is 1. The Morgan fingerprint density at radius 3 is 2.45 bits per heavy atom. The van der Waals surface area contributed by atoms with E-state index in [0.29, 0.717) is 42.5 Å². The van der Waals surface area contributed by atoms with Crippen LogP contribution in [0, 0.1) is 11.6 Å². The van der Waals surface area contributed by atoms with Gasteiger partial charge in [-0.15, -0.1) is 0 Å². The average Bonchev–Trinajstić information content (AvgIpc) is 3.25. The van der Waals surface area contributed by atoms with E-state index >= 15 is 4.39 Å². The number of hydrogen-bond donors (Lipinski definition) is 1. The summed E-state index contributed by atoms with van der Waals surface area (Å²) in [4.78, 5) is 2.97. The lowest BCUT2D eigenvalue weighted by Gasteiger charge is -2.42. The van der Waals surface area contributed by atoms with Crippen LogP contribution >= 0.6 is 0 Å². The molecule has 1 aliphatic carbocycles. The van der Waals surface area contributed by atoms with Crippen molar-refractivity contribution in [2.24, 2.45) is 0 Å². The van der Waals surface area contributed by atoms with Crippen molar-refractivity contribution in [3.8, 4) is 11.3 Å². The molecule has 1 aromatic heterocycles. The van der Waals surface area contributed by atoms with Crippen LogP contribution in [-0.4, -0.2) is 25.1 Å². The predicted octanol–water partition coefficient (Wildman–Crippen LogP) is 6.60. The van der Waals surface area contributed by atoms with E-state index in [4.69, 9.17) is 4.43 Å². The Hall–Kier alpha value is -1.60. The summed E-state index contributed by atoms with van der Waals surface area (Å²) in [6.07, 6.45) is 6.64. The molecule has 31 heavy (non-hydrogen) atoms. The predicted molar refractivity (Wildman–Crippen MR) is 118 cm³/mol. The number of fused-ring (bicyclic) bond motifs is 3. The molecule has 170 valence electrons. The van der Waals surface area contributed by atoms with Crippen LogP contribution in [0.3, 0.4) is 0 Å². The lowest BCUT2D eigenvalue weighted by atomic mass is 9.80. The molecule has 1 fully saturated rings. The fourth-order valence-electron chi connectivity index (χ4n) is 4.84. The topological polar surface area (TPSA) is 28.9 Å². The molecule has 2 heterocycles. The Kier molecular flexibility index (Phi) is 5.66. The van der Waals surface area contributed by atoms with Gasteiger partial charge in [0.05, 0.1) is 5.56 Å². The minimum absolute atomic E-state index is 0.120. The van der Waals surface area contributed by atoms with Gasteiger partial charge in [-0.2, -0.15) is 0 Å². The zero-order valence-electron chi connectivity index (χ0n) is 19.2. The summed E-state index contributed by atoms with van der Waals surface area (Å²) in [7, 11) is -1.87. The molecule has 0 amide bonds. The maximum atomic E-state index is 15.7. The van der Waals surface area contributed by atoms with Crippen LogP contribution in [-0.2, 0) is 4.43 Å². The summed E-state index contributed by atoms with van der Waals surface area (Å²) in [5.74, 6) is -0.866. The Labute approximate surface area is 184 Å². The van der Waals surface area contributed by atoms with Crippen molar-refractivity contribution in [3.05, 3.63) is 41.9 Å². The molecule has 1 atom stereocenters. The number of benzene rings is 1. The van der Waals surface area contributed by atoms with Crippen molar-refractivity contribution >= 4 is 8.32 Å². The molecule has 4 rings (SSSR count). The molecule has 0 saturated heterocycles. The number of nitrogens with one attached hydrogen (secondary N) is 1. The first kappa shape index (κ1) is 22.6. The molecular weight excluding hydrogens is 417 g/mol. The van der Waals surface area contributed by atoms with Gasteiger partial charge in [-0.1, -0.05) is 20.8 Å². The van der Waals surface area contributed by atoms with Gasteiger partial charge in [0.1, 0.15) is 29.5 Å². The number of rotatable bonds is 5. The van der Waals surface area contributed by atoms with Crippen molar-refractivity contribution in [2.75, 3.05) is 0 Å². The maximum Gasteiger partial charge on any atom is 0.242 e. The number of nitrogens with zero attached hydrogens (tertiary/aromatic N) is 1. The molecule has 1 saturated carbocycles. The number of halogens is 3. The Bertz CT molecular complexity index is 958. The van der Waals surface area contributed by atoms with E-state index in [0.717, 1.165) is 18.9 Å². The zero-order chi connectivity index (χ0) is 22.6. The molecule has 0 radical (unpaired) electrons. The van der Waals surface area contributed by atoms with Crippen molar-refractivity contribution in [1.82, 2.24) is 4.98 Å². The van der Waals surface area contributed by atoms with E-state index in [-0.39, 0.29) is 17.2 Å². The van der Waals surface area contributed by atoms with Crippen LogP contribution < -0.4 is 4.57 Å². The van der Waals surface area contributed by atoms with E-state index in [2.05, 4.69) is 38.8 Å². The summed E-state index contributed by atoms with van der Waals surface area (Å²) in [5.41, 5.74) is -0.0128. The van der Waals surface area contributed by atoms with Gasteiger partial charge in [0, 0.05) is 11.7 Å². The average molecular weight is 452 g/mol. The van der Waals surface area contributed by atoms with Crippen LogP contribution in [0.2, 0.25) is 18.1 Å². The first-order valence-corrected chi connectivity index (χ1v) is 14.3. The van der Waals surface area contributed by atoms with Gasteiger partial charge in [0.2, 0.25) is 6.33 Å². The Morgan fingerprint density at radius 2 is 1.81 bits per heavy atom. The van der Waals surface area contributed by atoms with Gasteiger partial charge < -0.3 is 4.43 Å². The second-order valence-corrected chi connectivity index (χ2v) is 15.6. The van der Waals surface area contributed by atoms with E-state index < -0.39 is 25.6 Å². The Balaban J connectivity index is 1.43. The number of hydrogen-bond acceptors (Lipinski definition) is 1. The molecule has 1 N–H and O–H groups in total. The minimum Gasteiger partial charge on any atom is -0.414 e. The van der Waals surface area contributed by atoms with E-state index in [1.54, 1.807) is 12.5 Å². The van der Waals surface area contributed by atoms with Gasteiger partial charge >= 0.3 is 0 Å². The minimum atomic E-state index is -1.87. The highest BCUT2D eigenvalue weighted by Crippen LogP contribution is 2.45. The van der Waals surface area contributed by atoms with Gasteiger partial charge in [0.25, 0.3) is 0 Å². The highest BCUT2D eigenvalue weighted by Gasteiger charge is 2.44. The third kappa shape index (κ3) is 4.11. The molecular formula is C24H34F3N2OSi+. The van der Waals surface area contributed by atoms with Gasteiger partial charge in [-0.3, -0.25) is 0 Å². The third-order valence-corrected chi connectivity index (χ3v) is 12.3. The largest absolute Gasteiger partial charge is 0.414 e. The number of aromatic nitrogens is 2. The van der Waals surface area contributed by atoms with Gasteiger partial charge in [-0.05, 0) is 68.8 Å². The normalized spacial score (nSPS) is 26.1. The molecule has 3 nitrogen and oxygen atoms in total. The van der Waals surface area contributed by atoms with E-state index in [1.165, 1.54) is 6.07 Å². The fourth-order valence-corrected chi connectivity index (χ4v) is 6.26. The highest BCUT2D eigenvalue weighted by molar-refractivity contribution is 6.74. The van der Waals surface area contributed by atoms with Crippen molar-refractivity contribution in [2.45, 2.75) is 95.2 Å². The summed E-state index contributed by atoms with van der Waals surface area (Å²) < 4.78 is 53.1. The molecule has 2 aliphatic rings. The third-order valence-electron chi connectivity index (χ3n) is 7.74. The van der Waals surface area contributed by atoms with Gasteiger partial charge in [-0.25, -0.2) is 22.7 Å². The molecule has 0 spiro atoms. The van der Waals surface area contributed by atoms with Gasteiger partial charge in [0.15, 0.2) is 14.0 Å². The lowest BCUT2D eigenvalue weighted by Crippen LogP contribution is -2.46. The second-order valence-electron chi connectivity index (χ2n) is 10.8. The van der Waals surface area contributed by atoms with Crippen molar-refractivity contribution in [1.29, 1.82) is 0 Å². The van der Waals surface area contributed by atoms with Crippen LogP contribution in [0.25, 0.3) is 11.3 Å². The highest BCUT2D eigenvalue weighted by atomic mass is 28.4. The summed E-state index contributed by atoms with van der Waals surface area (Å²) in [6, 6.07) is 1.95. The lowest BCUT2D eigenvalue weighted by molar-refractivity contribution is -0.698. The molecule has 0 bridgehead atoms. The first-order valence-electron chi connectivity index (χ1n) is 11.3. The first-order chi connectivity index (χ1) is 14.4. The molecule has 7 heteroatoms. The zero-order valence-corrected chi connectivity index (χ0v) is 20.2. The van der Waals surface area contributed by atoms with E-state index in [1.807, 2.05) is 4.57 Å². The maximum absolute atomic E-state index is 15.7. The monoisotopic (exact) mass is 451 g/mol. The standard InChI is InChI=1S/C24H33F3N2OSi/c1-23(2,3)31(4,5)30-16-8-11-24(27,12-9-16)13-10-19-21-17(25)6-7-18(26)22(21)20-14-28-15-29(19)20/h6-7,14-16,19H,8-13H2,1-5H3/p+1. The van der Waals surface area contributed by atoms with Crippen LogP contribution in [0.4, 0.5) is 13.2 Å². The summed E-state index contributed by atoms with van der Waals surface area (Å²) in [6.45, 7) is 11.1. The summed E-state index contributed by atoms with van der Waals surface area (Å²) in [5, 5.41) is 0.137. The quantitative estimate of drug-likeness (QED) is 0.402. The second kappa shape index (κ2) is 7.76. The molecule has 1 unspecified atom stereocenters. The number of aromatic amines is 1. The van der Waals surface area contributed by atoms with Crippen LogP contribution in [0.5, 0.6) is 0 Å². The number of alkyl halides is 1. The molecule has 2 aromatic rings. The van der Waals surface area contributed by atoms with Crippen molar-refractivity contribution in [3.63, 3.8) is 0 Å². The number of imidazole rings is 1. The van der Waals surface area contributed by atoms with Crippen LogP contribution in [0.15, 0.2) is 24.7 Å². The summed E-state index contributed by atoms with van der Waals surface area (Å²) >= 11 is 0. The molecule has 1 aromatic carbocycles. The Morgan fingerprint density at radius 1 is 1.16 bits per heavy atom. The smallest absolute Gasteiger partial charge is 0.242 e. The molecule has 1 aliphatic heterocycles. The van der Waals surface area contributed by atoms with E-state index in [9.17, 15) is 8.78 Å². The van der Waals surface area contributed by atoms with Crippen LogP contribution in [0.1, 0.15) is 70.9 Å². The van der Waals surface area contributed by atoms with Crippen molar-refractivity contribution < 1.29 is 22.2 Å². The fraction of sp³-hybridized carbons (Fsp3) is 0.625.